The van der Waals surface area contributed by atoms with E-state index in [1.54, 1.807) is 5.57 Å². The lowest BCUT2D eigenvalue weighted by Gasteiger charge is -2.50. The molecule has 5 atom stereocenters. The van der Waals surface area contributed by atoms with E-state index in [4.69, 9.17) is 0 Å². The van der Waals surface area contributed by atoms with E-state index in [0.29, 0.717) is 35.8 Å². The van der Waals surface area contributed by atoms with Gasteiger partial charge in [-0.05, 0) is 97.8 Å². The smallest absolute Gasteiger partial charge is 0.222 e. The number of nitrogens with zero attached hydrogens (tertiary/aromatic N) is 1. The van der Waals surface area contributed by atoms with Crippen molar-refractivity contribution in [3.05, 3.63) is 34.9 Å². The van der Waals surface area contributed by atoms with Crippen molar-refractivity contribution < 1.29 is 15.0 Å². The molecule has 3 aliphatic carbocycles. The van der Waals surface area contributed by atoms with Gasteiger partial charge in [0.1, 0.15) is 5.75 Å². The van der Waals surface area contributed by atoms with E-state index in [2.05, 4.69) is 26.0 Å². The number of carbonyl (C=O) groups is 1. The van der Waals surface area contributed by atoms with Crippen LogP contribution in [0.15, 0.2) is 23.8 Å². The number of benzene rings is 1. The summed E-state index contributed by atoms with van der Waals surface area (Å²) in [5, 5.41) is 21.0. The first-order valence-electron chi connectivity index (χ1n) is 15.8. The molecular formula is C34H53NO3. The summed E-state index contributed by atoms with van der Waals surface area (Å²) >= 11 is 0. The molecule has 0 spiro atoms. The monoisotopic (exact) mass is 523 g/mol. The van der Waals surface area contributed by atoms with Gasteiger partial charge in [-0.25, -0.2) is 0 Å². The highest BCUT2D eigenvalue weighted by Crippen LogP contribution is 2.62. The maximum atomic E-state index is 12.2. The van der Waals surface area contributed by atoms with Crippen LogP contribution in [0.1, 0.15) is 134 Å². The number of aliphatic hydroxyl groups is 1. The van der Waals surface area contributed by atoms with Crippen LogP contribution >= 0.6 is 0 Å². The van der Waals surface area contributed by atoms with Crippen molar-refractivity contribution >= 4 is 12.0 Å². The van der Waals surface area contributed by atoms with Gasteiger partial charge in [0.25, 0.3) is 0 Å². The molecule has 2 N–H and O–H groups in total. The van der Waals surface area contributed by atoms with Gasteiger partial charge in [-0.15, -0.1) is 0 Å². The van der Waals surface area contributed by atoms with Crippen molar-refractivity contribution in [3.8, 4) is 5.75 Å². The predicted molar refractivity (Wildman–Crippen MR) is 157 cm³/mol. The standard InChI is InChI=1S/C34H53NO3/c1-4-5-22-35(3)32(38)15-13-11-9-7-6-8-10-12-14-25-23-26-24-27(36)16-17-28(26)29-20-21-34(2)30(33(25)29)18-19-31(34)37/h16-17,23-24,29-31,33,36-37H,4-15,18-22H2,1-3H3/t29?,30?,31-,33?,34-/m0/s1. The van der Waals surface area contributed by atoms with E-state index < -0.39 is 0 Å². The van der Waals surface area contributed by atoms with Crippen molar-refractivity contribution in [2.45, 2.75) is 129 Å². The number of phenols is 1. The van der Waals surface area contributed by atoms with E-state index in [1.807, 2.05) is 24.1 Å². The molecule has 1 aromatic rings. The fourth-order valence-corrected chi connectivity index (χ4v) is 7.91. The molecule has 2 saturated carbocycles. The zero-order valence-electron chi connectivity index (χ0n) is 24.4. The first-order chi connectivity index (χ1) is 18.3. The van der Waals surface area contributed by atoms with Gasteiger partial charge in [0.15, 0.2) is 0 Å². The topological polar surface area (TPSA) is 60.8 Å². The predicted octanol–water partition coefficient (Wildman–Crippen LogP) is 8.22. The van der Waals surface area contributed by atoms with Crippen LogP contribution in [0.25, 0.3) is 6.08 Å². The molecule has 0 aromatic heterocycles. The Kier molecular flexibility index (Phi) is 10.4. The minimum absolute atomic E-state index is 0.0597. The summed E-state index contributed by atoms with van der Waals surface area (Å²) in [5.74, 6) is 2.32. The van der Waals surface area contributed by atoms with Crippen molar-refractivity contribution in [1.82, 2.24) is 4.90 Å². The molecule has 4 nitrogen and oxygen atoms in total. The van der Waals surface area contributed by atoms with Gasteiger partial charge >= 0.3 is 0 Å². The fraction of sp³-hybridized carbons (Fsp3) is 0.735. The Bertz CT molecular complexity index is 955. The Morgan fingerprint density at radius 2 is 1.71 bits per heavy atom. The van der Waals surface area contributed by atoms with E-state index in [-0.39, 0.29) is 11.5 Å². The van der Waals surface area contributed by atoms with Gasteiger partial charge in [0.2, 0.25) is 5.91 Å². The molecule has 4 rings (SSSR count). The van der Waals surface area contributed by atoms with Gasteiger partial charge < -0.3 is 15.1 Å². The summed E-state index contributed by atoms with van der Waals surface area (Å²) in [6.45, 7) is 5.40. The average Bonchev–Trinajstić information content (AvgIpc) is 3.21. The molecule has 3 unspecified atom stereocenters. The van der Waals surface area contributed by atoms with Gasteiger partial charge in [0, 0.05) is 20.0 Å². The van der Waals surface area contributed by atoms with Crippen molar-refractivity contribution in [2.75, 3.05) is 13.6 Å². The first kappa shape index (κ1) is 29.2. The molecule has 4 heteroatoms. The molecule has 0 bridgehead atoms. The minimum atomic E-state index is -0.156. The largest absolute Gasteiger partial charge is 0.508 e. The zero-order chi connectivity index (χ0) is 27.1. The van der Waals surface area contributed by atoms with Crippen LogP contribution in [-0.2, 0) is 4.79 Å². The van der Waals surface area contributed by atoms with Crippen LogP contribution in [-0.4, -0.2) is 40.7 Å². The summed E-state index contributed by atoms with van der Waals surface area (Å²) < 4.78 is 0. The average molecular weight is 524 g/mol. The highest BCUT2D eigenvalue weighted by molar-refractivity contribution is 5.75. The number of rotatable bonds is 14. The highest BCUT2D eigenvalue weighted by Gasteiger charge is 2.55. The molecule has 0 radical (unpaired) electrons. The van der Waals surface area contributed by atoms with Crippen LogP contribution in [0.5, 0.6) is 5.75 Å². The maximum absolute atomic E-state index is 12.2. The Labute approximate surface area is 231 Å². The lowest BCUT2D eigenvalue weighted by atomic mass is 9.54. The normalized spacial score (nSPS) is 27.8. The Morgan fingerprint density at radius 3 is 2.45 bits per heavy atom. The van der Waals surface area contributed by atoms with Crippen molar-refractivity contribution in [3.63, 3.8) is 0 Å². The summed E-state index contributed by atoms with van der Waals surface area (Å²) in [7, 11) is 1.94. The third kappa shape index (κ3) is 6.66. The molecule has 1 amide bonds. The van der Waals surface area contributed by atoms with E-state index >= 15 is 0 Å². The molecule has 212 valence electrons. The van der Waals surface area contributed by atoms with Crippen LogP contribution in [0.4, 0.5) is 0 Å². The number of hydrogen-bond acceptors (Lipinski definition) is 3. The third-order valence-electron chi connectivity index (χ3n) is 10.3. The number of fused-ring (bicyclic) bond motifs is 5. The lowest BCUT2D eigenvalue weighted by molar-refractivity contribution is -0.130. The van der Waals surface area contributed by atoms with Crippen molar-refractivity contribution in [2.24, 2.45) is 17.3 Å². The third-order valence-corrected chi connectivity index (χ3v) is 10.3. The summed E-state index contributed by atoms with van der Waals surface area (Å²) in [6.07, 6.45) is 20.5. The van der Waals surface area contributed by atoms with E-state index in [9.17, 15) is 15.0 Å². The number of phenolic OH excluding ortho intramolecular Hbond substituents is 1. The maximum Gasteiger partial charge on any atom is 0.222 e. The second-order valence-electron chi connectivity index (χ2n) is 12.9. The summed E-state index contributed by atoms with van der Waals surface area (Å²) in [6, 6.07) is 5.97. The van der Waals surface area contributed by atoms with Gasteiger partial charge in [-0.1, -0.05) is 76.5 Å². The Morgan fingerprint density at radius 1 is 1.00 bits per heavy atom. The minimum Gasteiger partial charge on any atom is -0.508 e. The van der Waals surface area contributed by atoms with Crippen LogP contribution < -0.4 is 0 Å². The molecule has 2 fully saturated rings. The number of hydrogen-bond donors (Lipinski definition) is 2. The second-order valence-corrected chi connectivity index (χ2v) is 12.9. The molecule has 0 saturated heterocycles. The molecule has 0 aliphatic heterocycles. The first-order valence-corrected chi connectivity index (χ1v) is 15.8. The zero-order valence-corrected chi connectivity index (χ0v) is 24.4. The highest BCUT2D eigenvalue weighted by atomic mass is 16.3. The molecule has 1 aromatic carbocycles. The lowest BCUT2D eigenvalue weighted by Crippen LogP contribution is -2.44. The summed E-state index contributed by atoms with van der Waals surface area (Å²) in [4.78, 5) is 14.1. The number of amides is 1. The molecule has 3 aliphatic rings. The van der Waals surface area contributed by atoms with Gasteiger partial charge in [0.05, 0.1) is 6.10 Å². The Balaban J connectivity index is 1.21. The van der Waals surface area contributed by atoms with E-state index in [1.165, 1.54) is 56.1 Å². The van der Waals surface area contributed by atoms with Gasteiger partial charge in [-0.3, -0.25) is 4.79 Å². The van der Waals surface area contributed by atoms with Crippen molar-refractivity contribution in [1.29, 1.82) is 0 Å². The number of unbranched alkanes of at least 4 members (excludes halogenated alkanes) is 8. The Hall–Kier alpha value is -1.81. The van der Waals surface area contributed by atoms with E-state index in [0.717, 1.165) is 57.9 Å². The molecule has 0 heterocycles. The van der Waals surface area contributed by atoms with Crippen LogP contribution in [0.3, 0.4) is 0 Å². The second kappa shape index (κ2) is 13.5. The molecular weight excluding hydrogens is 470 g/mol. The fourth-order valence-electron chi connectivity index (χ4n) is 7.91. The number of carbonyl (C=O) groups excluding carboxylic acids is 1. The SMILES string of the molecule is CCCCN(C)C(=O)CCCCCCCCCCC1=Cc2cc(O)ccc2C2CC[C@@]3(C)C(CC[C@@H]3O)C12. The number of allylic oxidation sites excluding steroid dienone is 1. The number of aliphatic hydroxyl groups excluding tert-OH is 1. The molecule has 38 heavy (non-hydrogen) atoms. The summed E-state index contributed by atoms with van der Waals surface area (Å²) in [5.41, 5.74) is 4.27. The number of aromatic hydroxyl groups is 1. The quantitative estimate of drug-likeness (QED) is 0.242. The van der Waals surface area contributed by atoms with Crippen LogP contribution in [0, 0.1) is 17.3 Å². The van der Waals surface area contributed by atoms with Crippen LogP contribution in [0.2, 0.25) is 0 Å². The van der Waals surface area contributed by atoms with Gasteiger partial charge in [-0.2, -0.15) is 0 Å².